The Morgan fingerprint density at radius 1 is 1.33 bits per heavy atom. The van der Waals surface area contributed by atoms with Crippen LogP contribution in [-0.4, -0.2) is 13.5 Å². The Labute approximate surface area is 127 Å². The van der Waals surface area contributed by atoms with E-state index in [4.69, 9.17) is 5.11 Å². The highest BCUT2D eigenvalue weighted by atomic mass is 32.2. The Morgan fingerprint density at radius 2 is 1.95 bits per heavy atom. The van der Waals surface area contributed by atoms with Crippen molar-refractivity contribution in [2.75, 3.05) is 0 Å². The molecule has 21 heavy (non-hydrogen) atoms. The van der Waals surface area contributed by atoms with Crippen molar-refractivity contribution >= 4 is 21.4 Å². The summed E-state index contributed by atoms with van der Waals surface area (Å²) in [7, 11) is -3.67. The number of hydrogen-bond acceptors (Lipinski definition) is 4. The lowest BCUT2D eigenvalue weighted by Gasteiger charge is -2.13. The van der Waals surface area contributed by atoms with E-state index in [1.807, 2.05) is 0 Å². The van der Waals surface area contributed by atoms with Crippen molar-refractivity contribution in [3.8, 4) is 0 Å². The molecular formula is C14H16FNO3S2. The molecule has 4 nitrogen and oxygen atoms in total. The van der Waals surface area contributed by atoms with Crippen molar-refractivity contribution in [1.29, 1.82) is 0 Å². The average Bonchev–Trinajstić information content (AvgIpc) is 2.81. The number of sulfonamides is 1. The third-order valence-electron chi connectivity index (χ3n) is 3.11. The number of aliphatic hydroxyl groups excluding tert-OH is 1. The van der Waals surface area contributed by atoms with Crippen molar-refractivity contribution in [3.63, 3.8) is 0 Å². The first kappa shape index (κ1) is 16.1. The van der Waals surface area contributed by atoms with Crippen molar-refractivity contribution < 1.29 is 17.9 Å². The summed E-state index contributed by atoms with van der Waals surface area (Å²) in [5.74, 6) is -0.365. The fraction of sp³-hybridized carbons (Fsp3) is 0.286. The summed E-state index contributed by atoms with van der Waals surface area (Å²) in [5, 5.41) is 9.14. The summed E-state index contributed by atoms with van der Waals surface area (Å²) in [6.07, 6.45) is 0. The largest absolute Gasteiger partial charge is 0.391 e. The van der Waals surface area contributed by atoms with Crippen LogP contribution < -0.4 is 4.72 Å². The van der Waals surface area contributed by atoms with Crippen LogP contribution in [-0.2, 0) is 16.6 Å². The van der Waals surface area contributed by atoms with Gasteiger partial charge in [-0.2, -0.15) is 0 Å². The minimum Gasteiger partial charge on any atom is -0.391 e. The van der Waals surface area contributed by atoms with E-state index in [9.17, 15) is 12.8 Å². The van der Waals surface area contributed by atoms with Gasteiger partial charge < -0.3 is 5.11 Å². The van der Waals surface area contributed by atoms with Crippen LogP contribution in [0.15, 0.2) is 34.5 Å². The fourth-order valence-corrected chi connectivity index (χ4v) is 4.59. The maximum absolute atomic E-state index is 12.9. The number of nitrogens with one attached hydrogen (secondary N) is 1. The molecule has 114 valence electrons. The Balaban J connectivity index is 2.22. The zero-order valence-electron chi connectivity index (χ0n) is 11.6. The topological polar surface area (TPSA) is 66.4 Å². The third kappa shape index (κ3) is 3.68. The van der Waals surface area contributed by atoms with Gasteiger partial charge in [-0.25, -0.2) is 17.5 Å². The Morgan fingerprint density at radius 3 is 2.48 bits per heavy atom. The summed E-state index contributed by atoms with van der Waals surface area (Å²) < 4.78 is 40.2. The molecule has 1 heterocycles. The number of halogens is 1. The summed E-state index contributed by atoms with van der Waals surface area (Å²) in [4.78, 5) is 0.629. The molecule has 1 atom stereocenters. The second kappa shape index (κ2) is 6.23. The monoisotopic (exact) mass is 329 g/mol. The van der Waals surface area contributed by atoms with Gasteiger partial charge in [0.2, 0.25) is 0 Å². The van der Waals surface area contributed by atoms with Gasteiger partial charge in [0.15, 0.2) is 0 Å². The first-order chi connectivity index (χ1) is 9.83. The van der Waals surface area contributed by atoms with Gasteiger partial charge in [0.1, 0.15) is 10.0 Å². The predicted octanol–water partition coefficient (Wildman–Crippen LogP) is 2.73. The lowest BCUT2D eigenvalue weighted by atomic mass is 10.1. The molecule has 1 unspecified atom stereocenters. The SMILES string of the molecule is Cc1cc(S(=O)(=O)NC(C)c2ccc(F)cc2)sc1CO. The van der Waals surface area contributed by atoms with Crippen LogP contribution >= 0.6 is 11.3 Å². The molecule has 0 aliphatic carbocycles. The first-order valence-electron chi connectivity index (χ1n) is 6.31. The maximum Gasteiger partial charge on any atom is 0.250 e. The standard InChI is InChI=1S/C14H16FNO3S2/c1-9-7-14(20-13(9)8-17)21(18,19)16-10(2)11-3-5-12(15)6-4-11/h3-7,10,16-17H,8H2,1-2H3. The Bertz CT molecular complexity index is 723. The van der Waals surface area contributed by atoms with E-state index < -0.39 is 16.1 Å². The van der Waals surface area contributed by atoms with Crippen LogP contribution in [0.4, 0.5) is 4.39 Å². The van der Waals surface area contributed by atoms with Crippen LogP contribution in [0.2, 0.25) is 0 Å². The number of benzene rings is 1. The smallest absolute Gasteiger partial charge is 0.250 e. The van der Waals surface area contributed by atoms with Gasteiger partial charge in [0, 0.05) is 10.9 Å². The molecule has 0 bridgehead atoms. The highest BCUT2D eigenvalue weighted by Gasteiger charge is 2.21. The molecule has 2 aromatic rings. The lowest BCUT2D eigenvalue weighted by Crippen LogP contribution is -2.26. The number of hydrogen-bond donors (Lipinski definition) is 2. The zero-order chi connectivity index (χ0) is 15.6. The number of rotatable bonds is 5. The minimum absolute atomic E-state index is 0.165. The molecule has 1 aromatic heterocycles. The van der Waals surface area contributed by atoms with E-state index in [-0.39, 0.29) is 16.6 Å². The Hall–Kier alpha value is -1.28. The van der Waals surface area contributed by atoms with Crippen molar-refractivity contribution in [3.05, 3.63) is 52.2 Å². The second-order valence-electron chi connectivity index (χ2n) is 4.72. The van der Waals surface area contributed by atoms with Crippen molar-refractivity contribution in [2.45, 2.75) is 30.7 Å². The van der Waals surface area contributed by atoms with E-state index >= 15 is 0 Å². The normalized spacial score (nSPS) is 13.3. The summed E-state index contributed by atoms with van der Waals surface area (Å²) >= 11 is 1.05. The molecular weight excluding hydrogens is 313 g/mol. The van der Waals surface area contributed by atoms with E-state index in [1.54, 1.807) is 26.0 Å². The average molecular weight is 329 g/mol. The van der Waals surface area contributed by atoms with Gasteiger partial charge in [-0.15, -0.1) is 11.3 Å². The molecule has 0 fully saturated rings. The van der Waals surface area contributed by atoms with Gasteiger partial charge in [-0.1, -0.05) is 12.1 Å². The molecule has 0 amide bonds. The van der Waals surface area contributed by atoms with Gasteiger partial charge in [-0.3, -0.25) is 0 Å². The molecule has 0 aliphatic rings. The number of thiophene rings is 1. The van der Waals surface area contributed by atoms with Gasteiger partial charge in [0.05, 0.1) is 6.61 Å². The van der Waals surface area contributed by atoms with Gasteiger partial charge in [-0.05, 0) is 43.2 Å². The van der Waals surface area contributed by atoms with Crippen LogP contribution in [0.25, 0.3) is 0 Å². The quantitative estimate of drug-likeness (QED) is 0.886. The van der Waals surface area contributed by atoms with Gasteiger partial charge in [0.25, 0.3) is 10.0 Å². The van der Waals surface area contributed by atoms with Crippen LogP contribution in [0, 0.1) is 12.7 Å². The van der Waals surface area contributed by atoms with Gasteiger partial charge >= 0.3 is 0 Å². The highest BCUT2D eigenvalue weighted by molar-refractivity contribution is 7.91. The molecule has 2 N–H and O–H groups in total. The third-order valence-corrected chi connectivity index (χ3v) is 6.34. The van der Waals surface area contributed by atoms with Crippen LogP contribution in [0.3, 0.4) is 0 Å². The van der Waals surface area contributed by atoms with E-state index in [0.717, 1.165) is 16.9 Å². The van der Waals surface area contributed by atoms with E-state index in [2.05, 4.69) is 4.72 Å². The summed E-state index contributed by atoms with van der Waals surface area (Å²) in [5.41, 5.74) is 1.42. The molecule has 1 aromatic carbocycles. The van der Waals surface area contributed by atoms with Crippen molar-refractivity contribution in [2.24, 2.45) is 0 Å². The number of aliphatic hydroxyl groups is 1. The Kier molecular flexibility index (Phi) is 4.77. The van der Waals surface area contributed by atoms with Crippen LogP contribution in [0.1, 0.15) is 29.0 Å². The predicted molar refractivity (Wildman–Crippen MR) is 80.1 cm³/mol. The van der Waals surface area contributed by atoms with E-state index in [1.165, 1.54) is 18.2 Å². The molecule has 0 aliphatic heterocycles. The lowest BCUT2D eigenvalue weighted by molar-refractivity contribution is 0.285. The summed E-state index contributed by atoms with van der Waals surface area (Å²) in [6.45, 7) is 3.27. The molecule has 0 saturated heterocycles. The van der Waals surface area contributed by atoms with Crippen LogP contribution in [0.5, 0.6) is 0 Å². The highest BCUT2D eigenvalue weighted by Crippen LogP contribution is 2.27. The number of aryl methyl sites for hydroxylation is 1. The molecule has 7 heteroatoms. The first-order valence-corrected chi connectivity index (χ1v) is 8.61. The summed E-state index contributed by atoms with van der Waals surface area (Å²) in [6, 6.07) is 6.73. The van der Waals surface area contributed by atoms with Crippen molar-refractivity contribution in [1.82, 2.24) is 4.72 Å². The maximum atomic E-state index is 12.9. The zero-order valence-corrected chi connectivity index (χ0v) is 13.3. The molecule has 0 saturated carbocycles. The molecule has 0 spiro atoms. The van der Waals surface area contributed by atoms with E-state index in [0.29, 0.717) is 10.4 Å². The molecule has 0 radical (unpaired) electrons. The fourth-order valence-electron chi connectivity index (χ4n) is 1.89. The second-order valence-corrected chi connectivity index (χ2v) is 7.80. The molecule has 2 rings (SSSR count). The minimum atomic E-state index is -3.67.